The maximum Gasteiger partial charge on any atom is 0.337 e. The lowest BCUT2D eigenvalue weighted by atomic mass is 10.2. The number of rotatable bonds is 5. The van der Waals surface area contributed by atoms with E-state index in [1.807, 2.05) is 0 Å². The fraction of sp³-hybridized carbons (Fsp3) is 0.286. The zero-order valence-corrected chi connectivity index (χ0v) is 15.2. The Balaban J connectivity index is 2.39. The Bertz CT molecular complexity index is 694. The average molecular weight is 452 g/mol. The van der Waals surface area contributed by atoms with E-state index in [1.54, 1.807) is 0 Å². The molecule has 2 rings (SSSR count). The summed E-state index contributed by atoms with van der Waals surface area (Å²) in [6, 6.07) is 2.68. The van der Waals surface area contributed by atoms with E-state index in [1.165, 1.54) is 24.1 Å². The fourth-order valence-electron chi connectivity index (χ4n) is 2.10. The molecule has 1 aromatic rings. The van der Waals surface area contributed by atoms with Gasteiger partial charge >= 0.3 is 5.97 Å². The Morgan fingerprint density at radius 2 is 2.09 bits per heavy atom. The lowest BCUT2D eigenvalue weighted by Crippen LogP contribution is -2.31. The Kier molecular flexibility index (Phi) is 5.77. The van der Waals surface area contributed by atoms with E-state index in [4.69, 9.17) is 5.11 Å². The van der Waals surface area contributed by atoms with Gasteiger partial charge in [-0.15, -0.1) is 0 Å². The second kappa shape index (κ2) is 7.41. The molecule has 0 spiro atoms. The summed E-state index contributed by atoms with van der Waals surface area (Å²) < 4.78 is 19.8. The molecule has 0 saturated heterocycles. The van der Waals surface area contributed by atoms with Crippen LogP contribution in [0.2, 0.25) is 0 Å². The summed E-state index contributed by atoms with van der Waals surface area (Å²) in [5.41, 5.74) is 0.0680. The number of carbonyl (C=O) groups excluding carboxylic acids is 2. The molecular formula is C14H13Br2FN2O4. The average Bonchev–Trinajstić information content (AvgIpc) is 2.81. The molecule has 0 fully saturated rings. The predicted molar refractivity (Wildman–Crippen MR) is 88.1 cm³/mol. The van der Waals surface area contributed by atoms with Crippen molar-refractivity contribution in [2.75, 3.05) is 32.1 Å². The Morgan fingerprint density at radius 1 is 1.43 bits per heavy atom. The zero-order valence-electron chi connectivity index (χ0n) is 12.0. The number of aliphatic hydroxyl groups is 1. The Labute approximate surface area is 148 Å². The number of halogens is 3. The lowest BCUT2D eigenvalue weighted by Gasteiger charge is -2.15. The largest absolute Gasteiger partial charge is 0.466 e. The van der Waals surface area contributed by atoms with Crippen LogP contribution in [0.5, 0.6) is 0 Å². The smallest absolute Gasteiger partial charge is 0.337 e. The van der Waals surface area contributed by atoms with Crippen LogP contribution >= 0.6 is 31.9 Å². The van der Waals surface area contributed by atoms with Crippen LogP contribution in [0.4, 0.5) is 10.1 Å². The van der Waals surface area contributed by atoms with E-state index in [0.29, 0.717) is 8.95 Å². The van der Waals surface area contributed by atoms with Gasteiger partial charge in [0, 0.05) is 15.5 Å². The number of β-amino-alcohol motifs (C(OH)–C–C–N with tert-alkyl or cyclic N) is 1. The first-order valence-electron chi connectivity index (χ1n) is 6.52. The summed E-state index contributed by atoms with van der Waals surface area (Å²) in [6.07, 6.45) is 0. The van der Waals surface area contributed by atoms with Gasteiger partial charge in [-0.3, -0.25) is 4.79 Å². The van der Waals surface area contributed by atoms with Gasteiger partial charge in [0.25, 0.3) is 5.91 Å². The molecule has 1 aromatic carbocycles. The highest BCUT2D eigenvalue weighted by atomic mass is 79.9. The van der Waals surface area contributed by atoms with Gasteiger partial charge in [-0.25, -0.2) is 9.18 Å². The molecule has 0 aliphatic carbocycles. The molecule has 0 atom stereocenters. The molecule has 23 heavy (non-hydrogen) atoms. The van der Waals surface area contributed by atoms with Crippen molar-refractivity contribution < 1.29 is 23.8 Å². The second-order valence-electron chi connectivity index (χ2n) is 4.67. The highest BCUT2D eigenvalue weighted by Gasteiger charge is 2.34. The number of benzene rings is 1. The van der Waals surface area contributed by atoms with Crippen LogP contribution in [0.1, 0.15) is 0 Å². The summed E-state index contributed by atoms with van der Waals surface area (Å²) in [7, 11) is 1.20. The van der Waals surface area contributed by atoms with E-state index in [9.17, 15) is 14.0 Å². The zero-order chi connectivity index (χ0) is 17.1. The van der Waals surface area contributed by atoms with Crippen LogP contribution in [0.15, 0.2) is 32.3 Å². The topological polar surface area (TPSA) is 78.9 Å². The maximum atomic E-state index is 14.0. The van der Waals surface area contributed by atoms with Crippen LogP contribution in [0.3, 0.4) is 0 Å². The number of hydrogen-bond donors (Lipinski definition) is 2. The number of carbonyl (C=O) groups is 2. The van der Waals surface area contributed by atoms with Crippen molar-refractivity contribution in [1.82, 2.24) is 4.90 Å². The minimum atomic E-state index is -0.683. The number of ether oxygens (including phenoxy) is 1. The minimum absolute atomic E-state index is 0.00623. The molecule has 0 saturated carbocycles. The van der Waals surface area contributed by atoms with Gasteiger partial charge in [0.1, 0.15) is 11.5 Å². The molecule has 124 valence electrons. The monoisotopic (exact) mass is 450 g/mol. The van der Waals surface area contributed by atoms with Crippen molar-refractivity contribution in [1.29, 1.82) is 0 Å². The van der Waals surface area contributed by atoms with Crippen LogP contribution in [-0.2, 0) is 14.3 Å². The molecule has 1 aliphatic rings. The van der Waals surface area contributed by atoms with Crippen molar-refractivity contribution in [3.05, 3.63) is 38.2 Å². The van der Waals surface area contributed by atoms with Crippen LogP contribution in [0, 0.1) is 5.82 Å². The van der Waals surface area contributed by atoms with Crippen molar-refractivity contribution in [2.45, 2.75) is 0 Å². The standard InChI is InChI=1S/C14H13Br2FN2O4/c1-23-14(22)7-6-19(2-3-20)13(21)12(7)18-11-5-9(16)8(15)4-10(11)17/h4-5,18,20H,2-3,6H2,1H3. The summed E-state index contributed by atoms with van der Waals surface area (Å²) in [6.45, 7) is -0.184. The van der Waals surface area contributed by atoms with Gasteiger partial charge in [-0.1, -0.05) is 0 Å². The highest BCUT2D eigenvalue weighted by Crippen LogP contribution is 2.31. The van der Waals surface area contributed by atoms with Crippen molar-refractivity contribution in [3.8, 4) is 0 Å². The molecule has 1 aliphatic heterocycles. The van der Waals surface area contributed by atoms with Crippen LogP contribution < -0.4 is 5.32 Å². The number of methoxy groups -OCH3 is 1. The van der Waals surface area contributed by atoms with E-state index in [0.717, 1.165) is 0 Å². The van der Waals surface area contributed by atoms with Crippen molar-refractivity contribution in [3.63, 3.8) is 0 Å². The molecule has 1 heterocycles. The first-order valence-corrected chi connectivity index (χ1v) is 8.10. The third-order valence-corrected chi connectivity index (χ3v) is 5.07. The molecule has 9 heteroatoms. The van der Waals surface area contributed by atoms with Gasteiger partial charge in [-0.2, -0.15) is 0 Å². The maximum absolute atomic E-state index is 14.0. The summed E-state index contributed by atoms with van der Waals surface area (Å²) in [5.74, 6) is -1.78. The predicted octanol–water partition coefficient (Wildman–Crippen LogP) is 2.02. The number of aliphatic hydroxyl groups excluding tert-OH is 1. The third kappa shape index (κ3) is 3.73. The Hall–Kier alpha value is -1.45. The molecule has 6 nitrogen and oxygen atoms in total. The first-order chi connectivity index (χ1) is 10.9. The molecular weight excluding hydrogens is 439 g/mol. The van der Waals surface area contributed by atoms with Crippen LogP contribution in [-0.4, -0.2) is 48.7 Å². The summed E-state index contributed by atoms with van der Waals surface area (Å²) >= 11 is 6.43. The normalized spacial score (nSPS) is 14.5. The van der Waals surface area contributed by atoms with Gasteiger partial charge in [-0.05, 0) is 44.0 Å². The van der Waals surface area contributed by atoms with Gasteiger partial charge < -0.3 is 20.1 Å². The molecule has 0 unspecified atom stereocenters. The molecule has 0 aromatic heterocycles. The SMILES string of the molecule is COC(=O)C1=C(Nc2cc(Br)c(Br)cc2F)C(=O)N(CCO)C1. The second-order valence-corrected chi connectivity index (χ2v) is 6.38. The van der Waals surface area contributed by atoms with E-state index < -0.39 is 17.7 Å². The van der Waals surface area contributed by atoms with Crippen molar-refractivity contribution in [2.24, 2.45) is 0 Å². The van der Waals surface area contributed by atoms with Crippen molar-refractivity contribution >= 4 is 49.4 Å². The quantitative estimate of drug-likeness (QED) is 0.529. The summed E-state index contributed by atoms with van der Waals surface area (Å²) in [4.78, 5) is 25.5. The fourth-order valence-corrected chi connectivity index (χ4v) is 2.76. The molecule has 0 radical (unpaired) electrons. The highest BCUT2D eigenvalue weighted by molar-refractivity contribution is 9.13. The molecule has 0 bridgehead atoms. The first kappa shape index (κ1) is 17.9. The number of anilines is 1. The number of nitrogens with zero attached hydrogens (tertiary/aromatic N) is 1. The lowest BCUT2D eigenvalue weighted by molar-refractivity contribution is -0.136. The van der Waals surface area contributed by atoms with Gasteiger partial charge in [0.15, 0.2) is 0 Å². The van der Waals surface area contributed by atoms with E-state index >= 15 is 0 Å². The number of amides is 1. The van der Waals surface area contributed by atoms with Gasteiger partial charge in [0.05, 0.1) is 31.5 Å². The third-order valence-electron chi connectivity index (χ3n) is 3.22. The van der Waals surface area contributed by atoms with Gasteiger partial charge in [0.2, 0.25) is 0 Å². The molecule has 2 N–H and O–H groups in total. The number of hydrogen-bond acceptors (Lipinski definition) is 5. The molecule has 1 amide bonds. The van der Waals surface area contributed by atoms with E-state index in [2.05, 4.69) is 41.9 Å². The Morgan fingerprint density at radius 3 is 2.70 bits per heavy atom. The van der Waals surface area contributed by atoms with Crippen LogP contribution in [0.25, 0.3) is 0 Å². The number of nitrogens with one attached hydrogen (secondary N) is 1. The minimum Gasteiger partial charge on any atom is -0.466 e. The number of esters is 1. The summed E-state index contributed by atoms with van der Waals surface area (Å²) in [5, 5.41) is 11.7. The van der Waals surface area contributed by atoms with E-state index in [-0.39, 0.29) is 36.7 Å².